The number of halogens is 7. The molecule has 4 N–H and O–H groups in total. The van der Waals surface area contributed by atoms with Crippen LogP contribution in [0.1, 0.15) is 90.5 Å². The number of pyridine rings is 1. The van der Waals surface area contributed by atoms with Crippen LogP contribution in [0.5, 0.6) is 11.5 Å². The van der Waals surface area contributed by atoms with E-state index >= 15 is 0 Å². The molecule has 5 aromatic rings. The van der Waals surface area contributed by atoms with Crippen molar-refractivity contribution >= 4 is 40.1 Å². The van der Waals surface area contributed by atoms with Gasteiger partial charge in [0, 0.05) is 46.6 Å². The molecule has 0 amide bonds. The topological polar surface area (TPSA) is 166 Å². The monoisotopic (exact) mass is 944 g/mol. The maximum absolute atomic E-state index is 10.6. The first-order chi connectivity index (χ1) is 31.4. The Hall–Kier alpha value is -5.88. The molecule has 1 aliphatic heterocycles. The SMILES string of the molecule is COc1cc2c(cc1OC)C(c1ccccc1)N(CCCCc1cn(CCCCC3=CC4Cc5nc6cc(Cl)ccc6c(N)c5C(C3)C4)nn1)CC2.O=C(O)C(F)(F)F.O=C(O)C(F)(F)F. The maximum Gasteiger partial charge on any atom is 0.490 e. The number of carboxylic acid groups (broad SMARTS) is 2. The first-order valence-corrected chi connectivity index (χ1v) is 21.8. The molecule has 0 saturated heterocycles. The molecule has 66 heavy (non-hydrogen) atoms. The quantitative estimate of drug-likeness (QED) is 0.0584. The van der Waals surface area contributed by atoms with Crippen molar-refractivity contribution in [1.29, 1.82) is 0 Å². The predicted octanol–water partition coefficient (Wildman–Crippen LogP) is 10.2. The molecular formula is C47H51ClF6N6O6. The van der Waals surface area contributed by atoms with Crippen LogP contribution in [-0.4, -0.2) is 86.7 Å². The van der Waals surface area contributed by atoms with E-state index in [1.165, 1.54) is 34.4 Å². The van der Waals surface area contributed by atoms with Crippen LogP contribution in [0.3, 0.4) is 0 Å². The van der Waals surface area contributed by atoms with Crippen molar-refractivity contribution in [1.82, 2.24) is 24.9 Å². The van der Waals surface area contributed by atoms with E-state index in [4.69, 9.17) is 51.6 Å². The van der Waals surface area contributed by atoms with Crippen molar-refractivity contribution in [2.24, 2.45) is 5.92 Å². The lowest BCUT2D eigenvalue weighted by Gasteiger charge is -2.38. The Bertz CT molecular complexity index is 2490. The average molecular weight is 945 g/mol. The van der Waals surface area contributed by atoms with Gasteiger partial charge in [-0.15, -0.1) is 5.10 Å². The number of nitrogens with two attached hydrogens (primary N) is 1. The number of aromatic nitrogens is 4. The van der Waals surface area contributed by atoms with E-state index < -0.39 is 24.3 Å². The number of ether oxygens (including phenoxy) is 2. The Kier molecular flexibility index (Phi) is 16.2. The number of carboxylic acids is 2. The third-order valence-electron chi connectivity index (χ3n) is 12.0. The largest absolute Gasteiger partial charge is 0.493 e. The number of methoxy groups -OCH3 is 2. The second-order valence-corrected chi connectivity index (χ2v) is 16.9. The van der Waals surface area contributed by atoms with Crippen molar-refractivity contribution in [2.45, 2.75) is 95.1 Å². The lowest BCUT2D eigenvalue weighted by molar-refractivity contribution is -0.193. The van der Waals surface area contributed by atoms with Gasteiger partial charge in [-0.25, -0.2) is 9.59 Å². The number of carbonyl (C=O) groups is 2. The van der Waals surface area contributed by atoms with Crippen LogP contribution in [0.25, 0.3) is 10.9 Å². The second-order valence-electron chi connectivity index (χ2n) is 16.5. The summed E-state index contributed by atoms with van der Waals surface area (Å²) >= 11 is 6.26. The summed E-state index contributed by atoms with van der Waals surface area (Å²) in [6.07, 6.45) is 5.25. The van der Waals surface area contributed by atoms with Gasteiger partial charge in [-0.05, 0) is 130 Å². The summed E-state index contributed by atoms with van der Waals surface area (Å²) in [5, 5.41) is 25.0. The fraction of sp³-hybridized carbons (Fsp3) is 0.426. The molecule has 2 aliphatic carbocycles. The summed E-state index contributed by atoms with van der Waals surface area (Å²) in [6, 6.07) is 21.2. The molecule has 0 saturated carbocycles. The molecule has 0 radical (unpaired) electrons. The summed E-state index contributed by atoms with van der Waals surface area (Å²) in [6.45, 7) is 2.95. The number of nitrogen functional groups attached to an aromatic ring is 1. The van der Waals surface area contributed by atoms with E-state index in [9.17, 15) is 26.3 Å². The zero-order valence-corrected chi connectivity index (χ0v) is 37.1. The van der Waals surface area contributed by atoms with Crippen molar-refractivity contribution in [3.8, 4) is 11.5 Å². The fourth-order valence-corrected chi connectivity index (χ4v) is 9.21. The number of unbranched alkanes of at least 4 members (excludes halogenated alkanes) is 2. The molecule has 8 rings (SSSR count). The normalized spacial score (nSPS) is 17.8. The minimum Gasteiger partial charge on any atom is -0.493 e. The van der Waals surface area contributed by atoms with Crippen molar-refractivity contribution in [3.63, 3.8) is 0 Å². The van der Waals surface area contributed by atoms with Gasteiger partial charge in [-0.3, -0.25) is 14.6 Å². The van der Waals surface area contributed by atoms with Crippen molar-refractivity contribution < 1.29 is 55.6 Å². The van der Waals surface area contributed by atoms with Crippen LogP contribution in [0.2, 0.25) is 5.02 Å². The Balaban J connectivity index is 0.000000448. The Morgan fingerprint density at radius 2 is 1.52 bits per heavy atom. The van der Waals surface area contributed by atoms with Gasteiger partial charge in [0.05, 0.1) is 31.5 Å². The highest BCUT2D eigenvalue weighted by Crippen LogP contribution is 2.48. The van der Waals surface area contributed by atoms with Gasteiger partial charge in [-0.1, -0.05) is 58.8 Å². The van der Waals surface area contributed by atoms with E-state index in [0.717, 1.165) is 111 Å². The van der Waals surface area contributed by atoms with E-state index in [0.29, 0.717) is 16.9 Å². The molecular weight excluding hydrogens is 894 g/mol. The van der Waals surface area contributed by atoms with Gasteiger partial charge in [0.25, 0.3) is 0 Å². The van der Waals surface area contributed by atoms with Gasteiger partial charge in [0.15, 0.2) is 11.5 Å². The number of rotatable bonds is 13. The van der Waals surface area contributed by atoms with Crippen molar-refractivity contribution in [3.05, 3.63) is 117 Å². The van der Waals surface area contributed by atoms with Crippen LogP contribution in [-0.2, 0) is 35.4 Å². The molecule has 3 unspecified atom stereocenters. The van der Waals surface area contributed by atoms with Crippen LogP contribution < -0.4 is 15.2 Å². The summed E-state index contributed by atoms with van der Waals surface area (Å²) in [7, 11) is 3.42. The number of aryl methyl sites for hydroxylation is 2. The zero-order valence-electron chi connectivity index (χ0n) is 36.3. The average Bonchev–Trinajstić information content (AvgIpc) is 3.73. The van der Waals surface area contributed by atoms with Gasteiger partial charge in [-0.2, -0.15) is 26.3 Å². The smallest absolute Gasteiger partial charge is 0.490 e. The molecule has 0 spiro atoms. The number of allylic oxidation sites excluding steroid dienone is 2. The molecule has 0 fully saturated rings. The lowest BCUT2D eigenvalue weighted by Crippen LogP contribution is -2.37. The summed E-state index contributed by atoms with van der Waals surface area (Å²) in [5.41, 5.74) is 17.7. The van der Waals surface area contributed by atoms with E-state index in [1.807, 2.05) is 22.9 Å². The highest BCUT2D eigenvalue weighted by molar-refractivity contribution is 6.31. The van der Waals surface area contributed by atoms with Gasteiger partial charge >= 0.3 is 24.3 Å². The molecule has 2 bridgehead atoms. The number of benzene rings is 3. The van der Waals surface area contributed by atoms with Crippen LogP contribution in [0.4, 0.5) is 32.0 Å². The Morgan fingerprint density at radius 1 is 0.864 bits per heavy atom. The molecule has 3 atom stereocenters. The molecule has 354 valence electrons. The Labute approximate surface area is 382 Å². The highest BCUT2D eigenvalue weighted by atomic mass is 35.5. The first kappa shape index (κ1) is 49.6. The Morgan fingerprint density at radius 3 is 2.18 bits per heavy atom. The lowest BCUT2D eigenvalue weighted by atomic mass is 9.70. The predicted molar refractivity (Wildman–Crippen MR) is 236 cm³/mol. The van der Waals surface area contributed by atoms with Gasteiger partial charge < -0.3 is 25.4 Å². The third-order valence-corrected chi connectivity index (χ3v) is 12.2. The number of alkyl halides is 6. The van der Waals surface area contributed by atoms with Gasteiger partial charge in [0.1, 0.15) is 0 Å². The summed E-state index contributed by atoms with van der Waals surface area (Å²) in [4.78, 5) is 25.4. The van der Waals surface area contributed by atoms with Gasteiger partial charge in [0.2, 0.25) is 0 Å². The first-order valence-electron chi connectivity index (χ1n) is 21.5. The van der Waals surface area contributed by atoms with E-state index in [1.54, 1.807) is 19.8 Å². The molecule has 3 aliphatic rings. The molecule has 12 nitrogen and oxygen atoms in total. The van der Waals surface area contributed by atoms with Crippen LogP contribution >= 0.6 is 11.6 Å². The number of aliphatic carboxylic acids is 2. The summed E-state index contributed by atoms with van der Waals surface area (Å²) < 4.78 is 76.8. The van der Waals surface area contributed by atoms with E-state index in [2.05, 4.69) is 69.9 Å². The summed E-state index contributed by atoms with van der Waals surface area (Å²) in [5.74, 6) is -2.92. The second kappa shape index (κ2) is 21.6. The van der Waals surface area contributed by atoms with Crippen LogP contribution in [0.15, 0.2) is 78.5 Å². The fourth-order valence-electron chi connectivity index (χ4n) is 9.05. The minimum absolute atomic E-state index is 0.195. The highest BCUT2D eigenvalue weighted by Gasteiger charge is 2.39. The standard InChI is InChI=1S/C43H49ClN6O2.2C2HF3O2/c1-51-39-24-31-16-19-49(43(30-11-4-3-5-12-30)36(31)26-40(39)52-2)17-8-7-13-34-27-50(48-47-34)18-9-6-10-28-20-29-22-32(21-28)41-38(23-29)46-37-25-33(44)14-15-35(37)42(41)45;2*3-2(4,5)1(6)7/h3-5,11-12,14-15,20,24-27,29,32,43H,6-10,13,16-19,21-23H2,1-2H3,(H2,45,46);2*(H,6,7). The third kappa shape index (κ3) is 12.5. The number of fused-ring (bicyclic) bond motifs is 6. The number of nitrogens with zero attached hydrogens (tertiary/aromatic N) is 5. The maximum atomic E-state index is 10.6. The number of hydrogen-bond acceptors (Lipinski definition) is 9. The molecule has 2 aromatic heterocycles. The molecule has 3 aromatic carbocycles. The number of anilines is 1. The van der Waals surface area contributed by atoms with E-state index in [-0.39, 0.29) is 6.04 Å². The van der Waals surface area contributed by atoms with Crippen molar-refractivity contribution in [2.75, 3.05) is 33.0 Å². The van der Waals surface area contributed by atoms with Crippen LogP contribution in [0, 0.1) is 5.92 Å². The number of hydrogen-bond donors (Lipinski definition) is 3. The molecule has 19 heteroatoms. The molecule has 3 heterocycles. The minimum atomic E-state index is -5.08. The zero-order chi connectivity index (χ0) is 47.8.